The Hall–Kier alpha value is -2.47. The maximum atomic E-state index is 14.5. The number of benzene rings is 1. The number of nitrogens with one attached hydrogen (secondary N) is 1. The lowest BCUT2D eigenvalue weighted by atomic mass is 10.3. The van der Waals surface area contributed by atoms with Gasteiger partial charge >= 0.3 is 0 Å². The third-order valence-electron chi connectivity index (χ3n) is 3.70. The van der Waals surface area contributed by atoms with Gasteiger partial charge in [0.15, 0.2) is 11.5 Å². The summed E-state index contributed by atoms with van der Waals surface area (Å²) in [6, 6.07) is 8.25. The molecular formula is C16H12ClFN4O. The van der Waals surface area contributed by atoms with Crippen LogP contribution >= 0.6 is 11.6 Å². The molecule has 7 heteroatoms. The summed E-state index contributed by atoms with van der Waals surface area (Å²) >= 11 is 5.88. The maximum Gasteiger partial charge on any atom is 0.287 e. The van der Waals surface area contributed by atoms with Gasteiger partial charge in [-0.05, 0) is 37.1 Å². The smallest absolute Gasteiger partial charge is 0.287 e. The number of amides is 1. The van der Waals surface area contributed by atoms with Crippen LogP contribution in [0.3, 0.4) is 0 Å². The molecule has 0 saturated heterocycles. The molecule has 0 unspecified atom stereocenters. The number of carbonyl (C=O) groups excluding carboxylic acids is 1. The number of carbonyl (C=O) groups is 1. The molecule has 2 heterocycles. The fourth-order valence-electron chi connectivity index (χ4n) is 2.44. The van der Waals surface area contributed by atoms with E-state index in [0.29, 0.717) is 11.2 Å². The van der Waals surface area contributed by atoms with Crippen molar-refractivity contribution in [2.75, 3.05) is 0 Å². The highest BCUT2D eigenvalue weighted by molar-refractivity contribution is 6.30. The second-order valence-electron chi connectivity index (χ2n) is 5.44. The summed E-state index contributed by atoms with van der Waals surface area (Å²) in [5.41, 5.74) is 1.09. The van der Waals surface area contributed by atoms with E-state index in [0.717, 1.165) is 12.8 Å². The molecule has 0 atom stereocenters. The van der Waals surface area contributed by atoms with Crippen LogP contribution < -0.4 is 5.32 Å². The van der Waals surface area contributed by atoms with Crippen LogP contribution in [0.1, 0.15) is 23.5 Å². The monoisotopic (exact) mass is 330 g/mol. The topological polar surface area (TPSA) is 59.8 Å². The van der Waals surface area contributed by atoms with E-state index in [1.807, 2.05) is 0 Å². The predicted molar refractivity (Wildman–Crippen MR) is 84.3 cm³/mol. The Bertz CT molecular complexity index is 920. The Morgan fingerprint density at radius 1 is 1.30 bits per heavy atom. The third-order valence-corrected chi connectivity index (χ3v) is 4.00. The van der Waals surface area contributed by atoms with E-state index >= 15 is 0 Å². The zero-order valence-corrected chi connectivity index (χ0v) is 12.7. The summed E-state index contributed by atoms with van der Waals surface area (Å²) in [5.74, 6) is -0.851. The standard InChI is InChI=1S/C16H12ClFN4O/c17-10-3-1-5-12(13(10)18)22-14-11(4-2-8-19-14)21-15(22)16(23)20-9-6-7-9/h1-5,8-9H,6-7H2,(H,20,23). The minimum Gasteiger partial charge on any atom is -0.347 e. The number of imidazole rings is 1. The van der Waals surface area contributed by atoms with Crippen molar-refractivity contribution in [1.29, 1.82) is 0 Å². The van der Waals surface area contributed by atoms with Gasteiger partial charge in [-0.2, -0.15) is 0 Å². The van der Waals surface area contributed by atoms with E-state index in [1.165, 1.54) is 10.6 Å². The fraction of sp³-hybridized carbons (Fsp3) is 0.188. The number of aromatic nitrogens is 3. The van der Waals surface area contributed by atoms with Crippen molar-refractivity contribution in [1.82, 2.24) is 19.9 Å². The van der Waals surface area contributed by atoms with Gasteiger partial charge in [0.05, 0.1) is 10.7 Å². The first-order chi connectivity index (χ1) is 11.1. The Balaban J connectivity index is 1.95. The second-order valence-corrected chi connectivity index (χ2v) is 5.84. The van der Waals surface area contributed by atoms with Gasteiger partial charge in [0.2, 0.25) is 5.82 Å². The van der Waals surface area contributed by atoms with E-state index < -0.39 is 5.82 Å². The number of rotatable bonds is 3. The van der Waals surface area contributed by atoms with Crippen molar-refractivity contribution in [2.24, 2.45) is 0 Å². The van der Waals surface area contributed by atoms with E-state index in [9.17, 15) is 9.18 Å². The minimum absolute atomic E-state index is 0.0196. The molecule has 3 aromatic rings. The van der Waals surface area contributed by atoms with Crippen molar-refractivity contribution < 1.29 is 9.18 Å². The van der Waals surface area contributed by atoms with Crippen LogP contribution in [0.5, 0.6) is 0 Å². The van der Waals surface area contributed by atoms with E-state index in [2.05, 4.69) is 15.3 Å². The molecule has 116 valence electrons. The molecule has 1 aliphatic carbocycles. The van der Waals surface area contributed by atoms with E-state index in [-0.39, 0.29) is 28.5 Å². The SMILES string of the molecule is O=C(NC1CC1)c1nc2cccnc2n1-c1cccc(Cl)c1F. The summed E-state index contributed by atoms with van der Waals surface area (Å²) in [6.45, 7) is 0. The summed E-state index contributed by atoms with van der Waals surface area (Å²) in [4.78, 5) is 21.0. The Kier molecular flexibility index (Phi) is 3.27. The molecule has 23 heavy (non-hydrogen) atoms. The first kappa shape index (κ1) is 14.1. The first-order valence-corrected chi connectivity index (χ1v) is 7.61. The molecule has 1 aliphatic rings. The van der Waals surface area contributed by atoms with Crippen LogP contribution in [0.25, 0.3) is 16.9 Å². The maximum absolute atomic E-state index is 14.5. The van der Waals surface area contributed by atoms with Crippen molar-refractivity contribution >= 4 is 28.7 Å². The van der Waals surface area contributed by atoms with Crippen LogP contribution in [0.15, 0.2) is 36.5 Å². The second kappa shape index (κ2) is 5.31. The minimum atomic E-state index is -0.611. The van der Waals surface area contributed by atoms with Gasteiger partial charge in [0.25, 0.3) is 5.91 Å². The van der Waals surface area contributed by atoms with Crippen LogP contribution in [-0.2, 0) is 0 Å². The highest BCUT2D eigenvalue weighted by atomic mass is 35.5. The number of nitrogens with zero attached hydrogens (tertiary/aromatic N) is 3. The molecule has 0 bridgehead atoms. The molecular weight excluding hydrogens is 319 g/mol. The summed E-state index contributed by atoms with van der Waals surface area (Å²) < 4.78 is 15.9. The number of hydrogen-bond donors (Lipinski definition) is 1. The van der Waals surface area contributed by atoms with Gasteiger partial charge in [-0.15, -0.1) is 0 Å². The molecule has 1 saturated carbocycles. The van der Waals surface area contributed by atoms with Gasteiger partial charge in [0.1, 0.15) is 5.52 Å². The van der Waals surface area contributed by atoms with Crippen LogP contribution in [-0.4, -0.2) is 26.5 Å². The molecule has 1 aromatic carbocycles. The average molecular weight is 331 g/mol. The van der Waals surface area contributed by atoms with Crippen molar-refractivity contribution in [3.8, 4) is 5.69 Å². The molecule has 5 nitrogen and oxygen atoms in total. The zero-order chi connectivity index (χ0) is 16.0. The van der Waals surface area contributed by atoms with Gasteiger partial charge in [-0.3, -0.25) is 9.36 Å². The van der Waals surface area contributed by atoms with Gasteiger partial charge < -0.3 is 5.32 Å². The fourth-order valence-corrected chi connectivity index (χ4v) is 2.61. The highest BCUT2D eigenvalue weighted by Crippen LogP contribution is 2.27. The van der Waals surface area contributed by atoms with Crippen LogP contribution in [0, 0.1) is 5.82 Å². The lowest BCUT2D eigenvalue weighted by Crippen LogP contribution is -2.28. The third kappa shape index (κ3) is 2.45. The largest absolute Gasteiger partial charge is 0.347 e. The summed E-state index contributed by atoms with van der Waals surface area (Å²) in [7, 11) is 0. The lowest BCUT2D eigenvalue weighted by Gasteiger charge is -2.10. The quantitative estimate of drug-likeness (QED) is 0.802. The predicted octanol–water partition coefficient (Wildman–Crippen LogP) is 3.11. The Morgan fingerprint density at radius 2 is 2.13 bits per heavy atom. The molecule has 1 fully saturated rings. The van der Waals surface area contributed by atoms with Crippen LogP contribution in [0.4, 0.5) is 4.39 Å². The first-order valence-electron chi connectivity index (χ1n) is 7.24. The molecule has 1 N–H and O–H groups in total. The van der Waals surface area contributed by atoms with Crippen LogP contribution in [0.2, 0.25) is 5.02 Å². The zero-order valence-electron chi connectivity index (χ0n) is 12.0. The number of pyridine rings is 1. The van der Waals surface area contributed by atoms with Crippen molar-refractivity contribution in [3.05, 3.63) is 53.2 Å². The van der Waals surface area contributed by atoms with Gasteiger partial charge in [0, 0.05) is 12.2 Å². The van der Waals surface area contributed by atoms with E-state index in [1.54, 1.807) is 30.5 Å². The van der Waals surface area contributed by atoms with Crippen molar-refractivity contribution in [2.45, 2.75) is 18.9 Å². The molecule has 4 rings (SSSR count). The highest BCUT2D eigenvalue weighted by Gasteiger charge is 2.28. The molecule has 2 aromatic heterocycles. The Morgan fingerprint density at radius 3 is 2.91 bits per heavy atom. The van der Waals surface area contributed by atoms with E-state index in [4.69, 9.17) is 11.6 Å². The normalized spacial score (nSPS) is 14.2. The molecule has 0 aliphatic heterocycles. The molecule has 0 spiro atoms. The number of halogens is 2. The lowest BCUT2D eigenvalue weighted by molar-refractivity contribution is 0.0939. The number of fused-ring (bicyclic) bond motifs is 1. The molecule has 1 amide bonds. The van der Waals surface area contributed by atoms with Gasteiger partial charge in [-0.25, -0.2) is 14.4 Å². The summed E-state index contributed by atoms with van der Waals surface area (Å²) in [6.07, 6.45) is 3.48. The average Bonchev–Trinajstić information content (AvgIpc) is 3.27. The summed E-state index contributed by atoms with van der Waals surface area (Å²) in [5, 5.41) is 2.85. The Labute approximate surface area is 136 Å². The molecule has 0 radical (unpaired) electrons. The van der Waals surface area contributed by atoms with Gasteiger partial charge in [-0.1, -0.05) is 17.7 Å². The number of hydrogen-bond acceptors (Lipinski definition) is 3. The van der Waals surface area contributed by atoms with Crippen molar-refractivity contribution in [3.63, 3.8) is 0 Å².